The highest BCUT2D eigenvalue weighted by atomic mass is 16.5. The average molecular weight is 322 g/mol. The van der Waals surface area contributed by atoms with Gasteiger partial charge in [0, 0.05) is 12.4 Å². The summed E-state index contributed by atoms with van der Waals surface area (Å²) in [5, 5.41) is 3.15. The summed E-state index contributed by atoms with van der Waals surface area (Å²) < 4.78 is 5.79. The SMILES string of the molecule is C[C@@H](NC(=O)[C@H]1C[C@H]2CC[C@H]1O2)c1ccc(-c2ccncc2)cc1. The number of pyridine rings is 1. The van der Waals surface area contributed by atoms with E-state index in [-0.39, 0.29) is 24.0 Å². The number of ether oxygens (including phenoxy) is 1. The van der Waals surface area contributed by atoms with Crippen LogP contribution in [-0.2, 0) is 9.53 Å². The topological polar surface area (TPSA) is 51.2 Å². The van der Waals surface area contributed by atoms with Gasteiger partial charge in [-0.05, 0) is 55.0 Å². The van der Waals surface area contributed by atoms with Crippen molar-refractivity contribution in [3.8, 4) is 11.1 Å². The zero-order valence-electron chi connectivity index (χ0n) is 13.8. The van der Waals surface area contributed by atoms with Crippen LogP contribution in [0.2, 0.25) is 0 Å². The number of amides is 1. The highest BCUT2D eigenvalue weighted by molar-refractivity contribution is 5.80. The molecule has 2 aliphatic heterocycles. The minimum absolute atomic E-state index is 0.00289. The van der Waals surface area contributed by atoms with Crippen molar-refractivity contribution in [2.45, 2.75) is 44.4 Å². The molecule has 0 aliphatic carbocycles. The van der Waals surface area contributed by atoms with E-state index in [1.165, 1.54) is 0 Å². The first kappa shape index (κ1) is 15.3. The van der Waals surface area contributed by atoms with E-state index in [0.717, 1.165) is 36.0 Å². The van der Waals surface area contributed by atoms with Crippen molar-refractivity contribution < 1.29 is 9.53 Å². The number of hydrogen-bond donors (Lipinski definition) is 1. The van der Waals surface area contributed by atoms with Crippen molar-refractivity contribution >= 4 is 5.91 Å². The van der Waals surface area contributed by atoms with Gasteiger partial charge < -0.3 is 10.1 Å². The predicted octanol–water partition coefficient (Wildman–Crippen LogP) is 3.49. The van der Waals surface area contributed by atoms with E-state index in [9.17, 15) is 4.79 Å². The number of hydrogen-bond acceptors (Lipinski definition) is 3. The van der Waals surface area contributed by atoms with Crippen molar-refractivity contribution in [3.63, 3.8) is 0 Å². The molecule has 1 amide bonds. The quantitative estimate of drug-likeness (QED) is 0.937. The Balaban J connectivity index is 1.41. The molecule has 2 fully saturated rings. The summed E-state index contributed by atoms with van der Waals surface area (Å²) in [4.78, 5) is 16.6. The smallest absolute Gasteiger partial charge is 0.226 e. The Bertz CT molecular complexity index is 714. The molecule has 4 heteroatoms. The number of rotatable bonds is 4. The average Bonchev–Trinajstić information content (AvgIpc) is 3.26. The summed E-state index contributed by atoms with van der Waals surface area (Å²) in [6.07, 6.45) is 7.05. The fraction of sp³-hybridized carbons (Fsp3) is 0.400. The molecule has 24 heavy (non-hydrogen) atoms. The second kappa shape index (κ2) is 6.36. The molecular formula is C20H22N2O2. The minimum Gasteiger partial charge on any atom is -0.374 e. The summed E-state index contributed by atoms with van der Waals surface area (Å²) in [5.41, 5.74) is 3.42. The van der Waals surface area contributed by atoms with Gasteiger partial charge in [0.05, 0.1) is 24.2 Å². The van der Waals surface area contributed by atoms with Crippen LogP contribution in [0.4, 0.5) is 0 Å². The van der Waals surface area contributed by atoms with Crippen LogP contribution in [-0.4, -0.2) is 23.1 Å². The van der Waals surface area contributed by atoms with E-state index in [0.29, 0.717) is 6.10 Å². The second-order valence-electron chi connectivity index (χ2n) is 6.80. The largest absolute Gasteiger partial charge is 0.374 e. The molecule has 4 rings (SSSR count). The normalized spacial score (nSPS) is 26.3. The van der Waals surface area contributed by atoms with Crippen LogP contribution in [0.1, 0.15) is 37.8 Å². The summed E-state index contributed by atoms with van der Waals surface area (Å²) >= 11 is 0. The first-order valence-electron chi connectivity index (χ1n) is 8.67. The Morgan fingerprint density at radius 2 is 1.83 bits per heavy atom. The molecule has 2 saturated heterocycles. The molecule has 0 spiro atoms. The Labute approximate surface area is 142 Å². The highest BCUT2D eigenvalue weighted by Crippen LogP contribution is 2.39. The number of carbonyl (C=O) groups excluding carboxylic acids is 1. The molecule has 0 radical (unpaired) electrons. The molecule has 1 N–H and O–H groups in total. The molecule has 2 aromatic rings. The first-order chi connectivity index (χ1) is 11.7. The molecule has 0 saturated carbocycles. The maximum atomic E-state index is 12.5. The van der Waals surface area contributed by atoms with Crippen molar-refractivity contribution in [1.82, 2.24) is 10.3 Å². The van der Waals surface area contributed by atoms with Crippen LogP contribution in [0.5, 0.6) is 0 Å². The first-order valence-corrected chi connectivity index (χ1v) is 8.67. The lowest BCUT2D eigenvalue weighted by molar-refractivity contribution is -0.127. The van der Waals surface area contributed by atoms with Crippen LogP contribution in [0.3, 0.4) is 0 Å². The summed E-state index contributed by atoms with van der Waals surface area (Å²) in [6, 6.07) is 12.3. The summed E-state index contributed by atoms with van der Waals surface area (Å²) in [5.74, 6) is 0.162. The number of aromatic nitrogens is 1. The highest BCUT2D eigenvalue weighted by Gasteiger charge is 2.44. The molecule has 1 aromatic heterocycles. The van der Waals surface area contributed by atoms with Crippen molar-refractivity contribution in [2.75, 3.05) is 0 Å². The Morgan fingerprint density at radius 3 is 2.46 bits per heavy atom. The van der Waals surface area contributed by atoms with Gasteiger partial charge in [-0.3, -0.25) is 9.78 Å². The fourth-order valence-corrected chi connectivity index (χ4v) is 3.83. The summed E-state index contributed by atoms with van der Waals surface area (Å²) in [6.45, 7) is 2.04. The van der Waals surface area contributed by atoms with E-state index < -0.39 is 0 Å². The Morgan fingerprint density at radius 1 is 1.12 bits per heavy atom. The monoisotopic (exact) mass is 322 g/mol. The number of nitrogens with one attached hydrogen (secondary N) is 1. The maximum absolute atomic E-state index is 12.5. The lowest BCUT2D eigenvalue weighted by Crippen LogP contribution is -2.37. The fourth-order valence-electron chi connectivity index (χ4n) is 3.83. The van der Waals surface area contributed by atoms with E-state index in [4.69, 9.17) is 4.74 Å². The van der Waals surface area contributed by atoms with Gasteiger partial charge in [-0.25, -0.2) is 0 Å². The predicted molar refractivity (Wildman–Crippen MR) is 92.2 cm³/mol. The molecular weight excluding hydrogens is 300 g/mol. The number of nitrogens with zero attached hydrogens (tertiary/aromatic N) is 1. The van der Waals surface area contributed by atoms with E-state index in [1.807, 2.05) is 19.1 Å². The van der Waals surface area contributed by atoms with E-state index in [1.54, 1.807) is 12.4 Å². The van der Waals surface area contributed by atoms with Crippen LogP contribution < -0.4 is 5.32 Å². The number of benzene rings is 1. The van der Waals surface area contributed by atoms with Crippen LogP contribution in [0, 0.1) is 5.92 Å². The number of fused-ring (bicyclic) bond motifs is 2. The Kier molecular flexibility index (Phi) is 4.07. The van der Waals surface area contributed by atoms with E-state index in [2.05, 4.69) is 34.6 Å². The van der Waals surface area contributed by atoms with Gasteiger partial charge in [0.2, 0.25) is 5.91 Å². The molecule has 2 bridgehead atoms. The zero-order valence-corrected chi connectivity index (χ0v) is 13.8. The van der Waals surface area contributed by atoms with Crippen molar-refractivity contribution in [2.24, 2.45) is 5.92 Å². The van der Waals surface area contributed by atoms with Gasteiger partial charge in [0.15, 0.2) is 0 Å². The molecule has 2 aliphatic rings. The van der Waals surface area contributed by atoms with Crippen LogP contribution >= 0.6 is 0 Å². The molecule has 1 aromatic carbocycles. The summed E-state index contributed by atoms with van der Waals surface area (Å²) in [7, 11) is 0. The lowest BCUT2D eigenvalue weighted by atomic mass is 9.88. The van der Waals surface area contributed by atoms with Crippen LogP contribution in [0.25, 0.3) is 11.1 Å². The molecule has 0 unspecified atom stereocenters. The second-order valence-corrected chi connectivity index (χ2v) is 6.80. The standard InChI is InChI=1S/C20H22N2O2/c1-13(22-20(23)18-12-17-6-7-19(18)24-17)14-2-4-15(5-3-14)16-8-10-21-11-9-16/h2-5,8-11,13,17-19H,6-7,12H2,1H3,(H,22,23)/t13-,17-,18+,19-/m1/s1. The lowest BCUT2D eigenvalue weighted by Gasteiger charge is -2.21. The van der Waals surface area contributed by atoms with Gasteiger partial charge in [0.25, 0.3) is 0 Å². The molecule has 4 atom stereocenters. The van der Waals surface area contributed by atoms with Gasteiger partial charge in [-0.2, -0.15) is 0 Å². The minimum atomic E-state index is 0.00289. The Hall–Kier alpha value is -2.20. The van der Waals surface area contributed by atoms with E-state index >= 15 is 0 Å². The zero-order chi connectivity index (χ0) is 16.5. The third-order valence-electron chi connectivity index (χ3n) is 5.23. The third-order valence-corrected chi connectivity index (χ3v) is 5.23. The molecule has 124 valence electrons. The molecule has 3 heterocycles. The maximum Gasteiger partial charge on any atom is 0.226 e. The molecule has 4 nitrogen and oxygen atoms in total. The van der Waals surface area contributed by atoms with Gasteiger partial charge in [-0.15, -0.1) is 0 Å². The van der Waals surface area contributed by atoms with Gasteiger partial charge >= 0.3 is 0 Å². The van der Waals surface area contributed by atoms with Crippen molar-refractivity contribution in [1.29, 1.82) is 0 Å². The van der Waals surface area contributed by atoms with Gasteiger partial charge in [0.1, 0.15) is 0 Å². The van der Waals surface area contributed by atoms with Crippen molar-refractivity contribution in [3.05, 3.63) is 54.4 Å². The number of carbonyl (C=O) groups is 1. The van der Waals surface area contributed by atoms with Crippen LogP contribution in [0.15, 0.2) is 48.8 Å². The van der Waals surface area contributed by atoms with Gasteiger partial charge in [-0.1, -0.05) is 24.3 Å². The third kappa shape index (κ3) is 2.94.